The number of hydrogen-bond donors (Lipinski definition) is 1. The smallest absolute Gasteiger partial charge is 0.228 e. The summed E-state index contributed by atoms with van der Waals surface area (Å²) in [4.78, 5) is 24.9. The minimum absolute atomic E-state index is 0.0609. The van der Waals surface area contributed by atoms with Gasteiger partial charge in [-0.1, -0.05) is 30.3 Å². The lowest BCUT2D eigenvalue weighted by Gasteiger charge is -2.06. The fourth-order valence-electron chi connectivity index (χ4n) is 3.27. The van der Waals surface area contributed by atoms with Gasteiger partial charge in [0.05, 0.1) is 12.0 Å². The Labute approximate surface area is 166 Å². The number of furan rings is 1. The van der Waals surface area contributed by atoms with Gasteiger partial charge in [0, 0.05) is 37.1 Å². The molecule has 4 aromatic rings. The van der Waals surface area contributed by atoms with E-state index in [0.29, 0.717) is 29.2 Å². The maximum Gasteiger partial charge on any atom is 0.228 e. The van der Waals surface area contributed by atoms with Gasteiger partial charge in [0.25, 0.3) is 0 Å². The highest BCUT2D eigenvalue weighted by atomic mass is 16.4. The number of rotatable bonds is 7. The summed E-state index contributed by atoms with van der Waals surface area (Å²) >= 11 is 0. The quantitative estimate of drug-likeness (QED) is 0.488. The Hall–Kier alpha value is -3.61. The molecule has 1 aromatic carbocycles. The SMILES string of the molecule is Cc1cc(=O)c2oc(-c3ccccc3)c(CC(=O)NCCCn3cccn3)c2o1. The van der Waals surface area contributed by atoms with Gasteiger partial charge in [0.2, 0.25) is 16.9 Å². The third kappa shape index (κ3) is 4.13. The summed E-state index contributed by atoms with van der Waals surface area (Å²) in [7, 11) is 0. The molecule has 0 saturated heterocycles. The molecule has 0 bridgehead atoms. The van der Waals surface area contributed by atoms with E-state index in [9.17, 15) is 9.59 Å². The second-order valence-corrected chi connectivity index (χ2v) is 6.80. The molecular weight excluding hydrogens is 370 g/mol. The van der Waals surface area contributed by atoms with Crippen molar-refractivity contribution < 1.29 is 13.6 Å². The number of carbonyl (C=O) groups is 1. The molecule has 1 N–H and O–H groups in total. The Morgan fingerprint density at radius 1 is 1.14 bits per heavy atom. The highest BCUT2D eigenvalue weighted by molar-refractivity contribution is 5.89. The van der Waals surface area contributed by atoms with Crippen LogP contribution in [-0.4, -0.2) is 22.2 Å². The van der Waals surface area contributed by atoms with E-state index in [1.54, 1.807) is 13.1 Å². The van der Waals surface area contributed by atoms with E-state index in [0.717, 1.165) is 18.5 Å². The second-order valence-electron chi connectivity index (χ2n) is 6.80. The van der Waals surface area contributed by atoms with Crippen LogP contribution in [0, 0.1) is 6.92 Å². The van der Waals surface area contributed by atoms with E-state index in [4.69, 9.17) is 8.83 Å². The Balaban J connectivity index is 1.56. The molecule has 0 aliphatic heterocycles. The van der Waals surface area contributed by atoms with Crippen molar-refractivity contribution in [1.82, 2.24) is 15.1 Å². The molecule has 7 nitrogen and oxygen atoms in total. The number of amides is 1. The van der Waals surface area contributed by atoms with E-state index in [1.807, 2.05) is 47.3 Å². The van der Waals surface area contributed by atoms with E-state index in [1.165, 1.54) is 6.07 Å². The van der Waals surface area contributed by atoms with Crippen molar-refractivity contribution in [2.75, 3.05) is 6.54 Å². The van der Waals surface area contributed by atoms with Crippen LogP contribution in [0.5, 0.6) is 0 Å². The molecule has 0 spiro atoms. The molecule has 29 heavy (non-hydrogen) atoms. The number of fused-ring (bicyclic) bond motifs is 1. The Morgan fingerprint density at radius 2 is 1.97 bits per heavy atom. The average Bonchev–Trinajstić information content (AvgIpc) is 3.35. The zero-order chi connectivity index (χ0) is 20.2. The summed E-state index contributed by atoms with van der Waals surface area (Å²) in [5.41, 5.74) is 1.58. The summed E-state index contributed by atoms with van der Waals surface area (Å²) in [6.07, 6.45) is 4.43. The molecule has 0 radical (unpaired) electrons. The van der Waals surface area contributed by atoms with Gasteiger partial charge in [-0.15, -0.1) is 0 Å². The van der Waals surface area contributed by atoms with E-state index in [2.05, 4.69) is 10.4 Å². The molecule has 0 fully saturated rings. The van der Waals surface area contributed by atoms with Gasteiger partial charge in [-0.2, -0.15) is 5.10 Å². The van der Waals surface area contributed by atoms with Crippen LogP contribution in [0.2, 0.25) is 0 Å². The third-order valence-corrected chi connectivity index (χ3v) is 4.60. The summed E-state index contributed by atoms with van der Waals surface area (Å²) in [6, 6.07) is 12.7. The zero-order valence-electron chi connectivity index (χ0n) is 16.1. The number of carbonyl (C=O) groups excluding carboxylic acids is 1. The zero-order valence-corrected chi connectivity index (χ0v) is 16.1. The molecule has 0 atom stereocenters. The van der Waals surface area contributed by atoms with Crippen molar-refractivity contribution in [3.63, 3.8) is 0 Å². The normalized spacial score (nSPS) is 11.1. The number of hydrogen-bond acceptors (Lipinski definition) is 5. The van der Waals surface area contributed by atoms with Crippen LogP contribution in [0.3, 0.4) is 0 Å². The van der Waals surface area contributed by atoms with Crippen LogP contribution < -0.4 is 10.7 Å². The number of nitrogens with zero attached hydrogens (tertiary/aromatic N) is 2. The number of benzene rings is 1. The highest BCUT2D eigenvalue weighted by Crippen LogP contribution is 2.33. The Morgan fingerprint density at radius 3 is 2.72 bits per heavy atom. The fourth-order valence-corrected chi connectivity index (χ4v) is 3.27. The molecule has 7 heteroatoms. The first-order chi connectivity index (χ1) is 14.1. The number of nitrogens with one attached hydrogen (secondary N) is 1. The monoisotopic (exact) mass is 391 g/mol. The van der Waals surface area contributed by atoms with Gasteiger partial charge in [-0.25, -0.2) is 0 Å². The van der Waals surface area contributed by atoms with Crippen LogP contribution in [0.25, 0.3) is 22.5 Å². The molecule has 4 rings (SSSR count). The van der Waals surface area contributed by atoms with Gasteiger partial charge in [-0.05, 0) is 19.4 Å². The van der Waals surface area contributed by atoms with E-state index < -0.39 is 0 Å². The predicted octanol–water partition coefficient (Wildman–Crippen LogP) is 3.31. The lowest BCUT2D eigenvalue weighted by atomic mass is 10.1. The molecule has 0 saturated carbocycles. The molecule has 0 unspecified atom stereocenters. The first-order valence-electron chi connectivity index (χ1n) is 9.47. The largest absolute Gasteiger partial charge is 0.457 e. The Bertz CT molecular complexity index is 1170. The van der Waals surface area contributed by atoms with Gasteiger partial charge < -0.3 is 14.2 Å². The van der Waals surface area contributed by atoms with Gasteiger partial charge in [-0.3, -0.25) is 14.3 Å². The summed E-state index contributed by atoms with van der Waals surface area (Å²) in [5, 5.41) is 7.05. The predicted molar refractivity (Wildman–Crippen MR) is 108 cm³/mol. The Kier molecular flexibility index (Phi) is 5.29. The maximum absolute atomic E-state index is 12.6. The van der Waals surface area contributed by atoms with Crippen molar-refractivity contribution in [1.29, 1.82) is 0 Å². The van der Waals surface area contributed by atoms with Gasteiger partial charge in [0.15, 0.2) is 5.58 Å². The average molecular weight is 391 g/mol. The van der Waals surface area contributed by atoms with Crippen molar-refractivity contribution >= 4 is 17.1 Å². The third-order valence-electron chi connectivity index (χ3n) is 4.60. The molecule has 3 aromatic heterocycles. The van der Waals surface area contributed by atoms with E-state index >= 15 is 0 Å². The first-order valence-corrected chi connectivity index (χ1v) is 9.47. The number of aryl methyl sites for hydroxylation is 2. The molecule has 0 aliphatic carbocycles. The van der Waals surface area contributed by atoms with Crippen LogP contribution in [0.1, 0.15) is 17.7 Å². The number of aromatic nitrogens is 2. The van der Waals surface area contributed by atoms with Crippen LogP contribution >= 0.6 is 0 Å². The molecular formula is C22H21N3O4. The topological polar surface area (TPSA) is 90.3 Å². The molecule has 1 amide bonds. The van der Waals surface area contributed by atoms with Crippen molar-refractivity contribution in [3.8, 4) is 11.3 Å². The van der Waals surface area contributed by atoms with Crippen LogP contribution in [0.4, 0.5) is 0 Å². The van der Waals surface area contributed by atoms with Crippen molar-refractivity contribution in [2.24, 2.45) is 0 Å². The standard InChI is InChI=1S/C22H21N3O4/c1-15-13-18(26)22-21(28-15)17(20(29-22)16-7-3-2-4-8-16)14-19(27)23-9-5-11-25-12-6-10-24-25/h2-4,6-8,10,12-13H,5,9,11,14H2,1H3,(H,23,27). The van der Waals surface area contributed by atoms with Gasteiger partial charge in [0.1, 0.15) is 11.5 Å². The maximum atomic E-state index is 12.6. The van der Waals surface area contributed by atoms with Crippen LogP contribution in [-0.2, 0) is 17.8 Å². The lowest BCUT2D eigenvalue weighted by molar-refractivity contribution is -0.120. The highest BCUT2D eigenvalue weighted by Gasteiger charge is 2.22. The summed E-state index contributed by atoms with van der Waals surface area (Å²) in [6.45, 7) is 2.96. The van der Waals surface area contributed by atoms with Crippen molar-refractivity contribution in [2.45, 2.75) is 26.3 Å². The molecule has 0 aliphatic rings. The fraction of sp³-hybridized carbons (Fsp3) is 0.227. The van der Waals surface area contributed by atoms with Crippen molar-refractivity contribution in [3.05, 3.63) is 76.4 Å². The first kappa shape index (κ1) is 18.7. The summed E-state index contributed by atoms with van der Waals surface area (Å²) < 4.78 is 13.4. The molecule has 3 heterocycles. The van der Waals surface area contributed by atoms with Crippen LogP contribution in [0.15, 0.2) is 68.5 Å². The second kappa shape index (κ2) is 8.18. The molecule has 148 valence electrons. The summed E-state index contributed by atoms with van der Waals surface area (Å²) in [5.74, 6) is 0.803. The van der Waals surface area contributed by atoms with E-state index in [-0.39, 0.29) is 23.3 Å². The minimum Gasteiger partial charge on any atom is -0.457 e. The van der Waals surface area contributed by atoms with Gasteiger partial charge >= 0.3 is 0 Å². The minimum atomic E-state index is -0.258. The lowest BCUT2D eigenvalue weighted by Crippen LogP contribution is -2.27.